The zero-order valence-corrected chi connectivity index (χ0v) is 11.1. The highest BCUT2D eigenvalue weighted by molar-refractivity contribution is 7.90. The Morgan fingerprint density at radius 2 is 2.00 bits per heavy atom. The van der Waals surface area contributed by atoms with Crippen LogP contribution in [0.15, 0.2) is 29.2 Å². The predicted octanol–water partition coefficient (Wildman–Crippen LogP) is 1.63. The number of hydrogen-bond acceptors (Lipinski definition) is 4. The Labute approximate surface area is 103 Å². The van der Waals surface area contributed by atoms with E-state index in [1.54, 1.807) is 18.2 Å². The number of para-hydroxylation sites is 1. The minimum Gasteiger partial charge on any atom is -0.380 e. The molecule has 0 bridgehead atoms. The highest BCUT2D eigenvalue weighted by atomic mass is 32.2. The highest BCUT2D eigenvalue weighted by Gasteiger charge is 2.14. The van der Waals surface area contributed by atoms with E-state index in [-0.39, 0.29) is 6.04 Å². The summed E-state index contributed by atoms with van der Waals surface area (Å²) >= 11 is 0. The van der Waals surface area contributed by atoms with Crippen molar-refractivity contribution in [2.24, 2.45) is 5.73 Å². The third-order valence-electron chi connectivity index (χ3n) is 2.57. The Bertz CT molecular complexity index is 457. The van der Waals surface area contributed by atoms with Crippen molar-refractivity contribution in [2.75, 3.05) is 18.1 Å². The monoisotopic (exact) mass is 256 g/mol. The maximum absolute atomic E-state index is 11.6. The quantitative estimate of drug-likeness (QED) is 0.811. The SMILES string of the molecule is CCCC(CN)Nc1ccccc1S(C)(=O)=O. The van der Waals surface area contributed by atoms with Gasteiger partial charge in [0.05, 0.1) is 10.6 Å². The Hall–Kier alpha value is -1.07. The molecule has 0 aliphatic heterocycles. The van der Waals surface area contributed by atoms with Gasteiger partial charge in [0.1, 0.15) is 0 Å². The topological polar surface area (TPSA) is 72.2 Å². The number of anilines is 1. The third kappa shape index (κ3) is 4.02. The predicted molar refractivity (Wildman–Crippen MR) is 70.9 cm³/mol. The fraction of sp³-hybridized carbons (Fsp3) is 0.500. The van der Waals surface area contributed by atoms with Gasteiger partial charge in [0.2, 0.25) is 0 Å². The number of rotatable bonds is 6. The lowest BCUT2D eigenvalue weighted by Crippen LogP contribution is -2.29. The molecule has 0 fully saturated rings. The number of nitrogens with one attached hydrogen (secondary N) is 1. The van der Waals surface area contributed by atoms with E-state index >= 15 is 0 Å². The largest absolute Gasteiger partial charge is 0.380 e. The molecule has 96 valence electrons. The van der Waals surface area contributed by atoms with Crippen LogP contribution in [-0.2, 0) is 9.84 Å². The number of sulfone groups is 1. The summed E-state index contributed by atoms with van der Waals surface area (Å²) in [6.07, 6.45) is 3.15. The highest BCUT2D eigenvalue weighted by Crippen LogP contribution is 2.21. The van der Waals surface area contributed by atoms with Crippen LogP contribution in [0.5, 0.6) is 0 Å². The summed E-state index contributed by atoms with van der Waals surface area (Å²) in [4.78, 5) is 0.328. The summed E-state index contributed by atoms with van der Waals surface area (Å²) in [7, 11) is -3.21. The molecule has 17 heavy (non-hydrogen) atoms. The van der Waals surface area contributed by atoms with Gasteiger partial charge in [0.25, 0.3) is 0 Å². The van der Waals surface area contributed by atoms with E-state index in [9.17, 15) is 8.42 Å². The van der Waals surface area contributed by atoms with E-state index in [1.165, 1.54) is 6.26 Å². The van der Waals surface area contributed by atoms with Crippen molar-refractivity contribution in [3.8, 4) is 0 Å². The normalized spacial score (nSPS) is 13.4. The van der Waals surface area contributed by atoms with E-state index in [4.69, 9.17) is 5.73 Å². The van der Waals surface area contributed by atoms with Gasteiger partial charge in [-0.3, -0.25) is 0 Å². The first-order valence-electron chi connectivity index (χ1n) is 5.74. The molecule has 1 unspecified atom stereocenters. The molecular formula is C12H20N2O2S. The molecule has 1 atom stereocenters. The second-order valence-electron chi connectivity index (χ2n) is 4.13. The van der Waals surface area contributed by atoms with E-state index < -0.39 is 9.84 Å². The molecule has 5 heteroatoms. The van der Waals surface area contributed by atoms with E-state index in [2.05, 4.69) is 12.2 Å². The summed E-state index contributed by atoms with van der Waals surface area (Å²) in [6, 6.07) is 7.03. The van der Waals surface area contributed by atoms with Gasteiger partial charge in [-0.15, -0.1) is 0 Å². The average Bonchev–Trinajstić information content (AvgIpc) is 2.27. The smallest absolute Gasteiger partial charge is 0.177 e. The molecule has 0 aromatic heterocycles. The third-order valence-corrected chi connectivity index (χ3v) is 3.72. The van der Waals surface area contributed by atoms with Crippen LogP contribution in [0.1, 0.15) is 19.8 Å². The second kappa shape index (κ2) is 6.02. The summed E-state index contributed by atoms with van der Waals surface area (Å²) in [5.41, 5.74) is 6.29. The number of benzene rings is 1. The zero-order valence-electron chi connectivity index (χ0n) is 10.3. The fourth-order valence-electron chi connectivity index (χ4n) is 1.73. The van der Waals surface area contributed by atoms with Crippen LogP contribution in [0.25, 0.3) is 0 Å². The summed E-state index contributed by atoms with van der Waals surface area (Å²) in [5.74, 6) is 0. The lowest BCUT2D eigenvalue weighted by Gasteiger charge is -2.19. The Morgan fingerprint density at radius 3 is 2.53 bits per heavy atom. The van der Waals surface area contributed by atoms with Crippen molar-refractivity contribution < 1.29 is 8.42 Å². The van der Waals surface area contributed by atoms with Crippen LogP contribution < -0.4 is 11.1 Å². The lowest BCUT2D eigenvalue weighted by atomic mass is 10.1. The summed E-state index contributed by atoms with van der Waals surface area (Å²) in [6.45, 7) is 2.57. The molecule has 4 nitrogen and oxygen atoms in total. The molecular weight excluding hydrogens is 236 g/mol. The van der Waals surface area contributed by atoms with E-state index in [1.807, 2.05) is 6.07 Å². The number of hydrogen-bond donors (Lipinski definition) is 2. The van der Waals surface area contributed by atoms with Gasteiger partial charge < -0.3 is 11.1 Å². The van der Waals surface area contributed by atoms with E-state index in [0.717, 1.165) is 12.8 Å². The van der Waals surface area contributed by atoms with E-state index in [0.29, 0.717) is 17.1 Å². The zero-order chi connectivity index (χ0) is 12.9. The van der Waals surface area contributed by atoms with Gasteiger partial charge in [0.15, 0.2) is 9.84 Å². The second-order valence-corrected chi connectivity index (χ2v) is 6.12. The first kappa shape index (κ1) is 14.0. The first-order valence-corrected chi connectivity index (χ1v) is 7.63. The molecule has 0 radical (unpaired) electrons. The van der Waals surface area contributed by atoms with Crippen molar-refractivity contribution >= 4 is 15.5 Å². The summed E-state index contributed by atoms with van der Waals surface area (Å²) in [5, 5.41) is 3.20. The van der Waals surface area contributed by atoms with Crippen LogP contribution in [0.3, 0.4) is 0 Å². The van der Waals surface area contributed by atoms with Gasteiger partial charge in [-0.05, 0) is 18.6 Å². The van der Waals surface area contributed by atoms with Crippen molar-refractivity contribution in [1.82, 2.24) is 0 Å². The summed E-state index contributed by atoms with van der Waals surface area (Å²) < 4.78 is 23.2. The van der Waals surface area contributed by atoms with Gasteiger partial charge >= 0.3 is 0 Å². The van der Waals surface area contributed by atoms with Crippen molar-refractivity contribution in [3.63, 3.8) is 0 Å². The van der Waals surface area contributed by atoms with Crippen LogP contribution >= 0.6 is 0 Å². The molecule has 0 saturated carbocycles. The lowest BCUT2D eigenvalue weighted by molar-refractivity contribution is 0.601. The van der Waals surface area contributed by atoms with Gasteiger partial charge in [-0.25, -0.2) is 8.42 Å². The van der Waals surface area contributed by atoms with Crippen LogP contribution in [0.2, 0.25) is 0 Å². The maximum Gasteiger partial charge on any atom is 0.177 e. The number of nitrogens with two attached hydrogens (primary N) is 1. The molecule has 3 N–H and O–H groups in total. The minimum absolute atomic E-state index is 0.114. The molecule has 0 saturated heterocycles. The van der Waals surface area contributed by atoms with Crippen molar-refractivity contribution in [3.05, 3.63) is 24.3 Å². The fourth-order valence-corrected chi connectivity index (χ4v) is 2.58. The van der Waals surface area contributed by atoms with Crippen molar-refractivity contribution in [2.45, 2.75) is 30.7 Å². The Morgan fingerprint density at radius 1 is 1.35 bits per heavy atom. The molecule has 1 rings (SSSR count). The van der Waals surface area contributed by atoms with Crippen LogP contribution in [-0.4, -0.2) is 27.3 Å². The van der Waals surface area contributed by atoms with Crippen LogP contribution in [0.4, 0.5) is 5.69 Å². The van der Waals surface area contributed by atoms with Gasteiger partial charge in [-0.1, -0.05) is 25.5 Å². The van der Waals surface area contributed by atoms with Crippen LogP contribution in [0, 0.1) is 0 Å². The molecule has 1 aromatic rings. The molecule has 0 aliphatic rings. The van der Waals surface area contributed by atoms with Gasteiger partial charge in [-0.2, -0.15) is 0 Å². The molecule has 0 heterocycles. The Kier molecular flexibility index (Phi) is 4.96. The molecule has 0 spiro atoms. The average molecular weight is 256 g/mol. The maximum atomic E-state index is 11.6. The molecule has 0 aliphatic carbocycles. The van der Waals surface area contributed by atoms with Gasteiger partial charge in [0, 0.05) is 18.8 Å². The van der Waals surface area contributed by atoms with Crippen molar-refractivity contribution in [1.29, 1.82) is 0 Å². The first-order chi connectivity index (χ1) is 7.99. The minimum atomic E-state index is -3.21. The molecule has 0 amide bonds. The Balaban J connectivity index is 2.98. The standard InChI is InChI=1S/C12H20N2O2S/c1-3-6-10(9-13)14-11-7-4-5-8-12(11)17(2,15)16/h4-5,7-8,10,14H,3,6,9,13H2,1-2H3. The molecule has 1 aromatic carbocycles.